The van der Waals surface area contributed by atoms with Crippen molar-refractivity contribution in [1.29, 1.82) is 0 Å². The Kier molecular flexibility index (Phi) is 4.58. The summed E-state index contributed by atoms with van der Waals surface area (Å²) < 4.78 is 12.4. The number of anilines is 1. The number of aliphatic imine (C=N–C) groups is 1. The second kappa shape index (κ2) is 7.43. The third-order valence-electron chi connectivity index (χ3n) is 7.05. The first-order valence-corrected chi connectivity index (χ1v) is 12.2. The summed E-state index contributed by atoms with van der Waals surface area (Å²) in [7, 11) is 2.05. The van der Waals surface area contributed by atoms with E-state index < -0.39 is 5.72 Å². The maximum absolute atomic E-state index is 12.4. The van der Waals surface area contributed by atoms with Gasteiger partial charge in [-0.15, -0.1) is 0 Å². The Morgan fingerprint density at radius 2 is 1.94 bits per heavy atom. The lowest BCUT2D eigenvalue weighted by Gasteiger charge is -2.45. The van der Waals surface area contributed by atoms with Crippen molar-refractivity contribution >= 4 is 45.7 Å². The molecule has 0 saturated carbocycles. The molecule has 4 aromatic rings. The predicted molar refractivity (Wildman–Crippen MR) is 137 cm³/mol. The molecule has 0 radical (unpaired) electrons. The topological polar surface area (TPSA) is 51.1 Å². The average molecular weight is 469 g/mol. The maximum Gasteiger partial charge on any atom is 0.315 e. The second-order valence-corrected chi connectivity index (χ2v) is 10.1. The number of ether oxygens (including phenoxy) is 2. The third-order valence-corrected chi connectivity index (χ3v) is 7.79. The van der Waals surface area contributed by atoms with Crippen molar-refractivity contribution in [3.63, 3.8) is 0 Å². The molecule has 1 unspecified atom stereocenters. The number of hydrogen-bond acceptors (Lipinski definition) is 6. The fourth-order valence-electron chi connectivity index (χ4n) is 5.15. The Labute approximate surface area is 202 Å². The van der Waals surface area contributed by atoms with Gasteiger partial charge in [0.2, 0.25) is 5.72 Å². The second-order valence-electron chi connectivity index (χ2n) is 9.34. The number of benzene rings is 3. The fraction of sp³-hybridized carbons (Fsp3) is 0.214. The smallest absolute Gasteiger partial charge is 0.315 e. The molecule has 0 bridgehead atoms. The van der Waals surface area contributed by atoms with Crippen LogP contribution in [0, 0.1) is 0 Å². The zero-order valence-corrected chi connectivity index (χ0v) is 20.1. The first-order chi connectivity index (χ1) is 16.4. The van der Waals surface area contributed by atoms with Crippen LogP contribution in [0.4, 0.5) is 11.4 Å². The first kappa shape index (κ1) is 20.9. The van der Waals surface area contributed by atoms with Crippen molar-refractivity contribution in [2.24, 2.45) is 4.99 Å². The highest BCUT2D eigenvalue weighted by Crippen LogP contribution is 2.54. The van der Waals surface area contributed by atoms with E-state index in [9.17, 15) is 4.79 Å². The maximum atomic E-state index is 12.4. The highest BCUT2D eigenvalue weighted by molar-refractivity contribution is 7.08. The molecule has 0 N–H and O–H groups in total. The summed E-state index contributed by atoms with van der Waals surface area (Å²) in [6, 6.07) is 20.0. The Hall–Kier alpha value is -3.64. The van der Waals surface area contributed by atoms with Gasteiger partial charge in [0, 0.05) is 18.1 Å². The van der Waals surface area contributed by atoms with Crippen molar-refractivity contribution in [2.45, 2.75) is 31.4 Å². The number of likely N-dealkylation sites (N-methyl/N-ethyl adjacent to an activating group) is 1. The fourth-order valence-corrected chi connectivity index (χ4v) is 5.81. The lowest BCUT2D eigenvalue weighted by atomic mass is 9.77. The number of carbonyl (C=O) groups is 1. The molecule has 6 heteroatoms. The molecule has 1 atom stereocenters. The van der Waals surface area contributed by atoms with Gasteiger partial charge in [-0.05, 0) is 71.5 Å². The van der Waals surface area contributed by atoms with Crippen molar-refractivity contribution in [2.75, 3.05) is 11.9 Å². The van der Waals surface area contributed by atoms with Gasteiger partial charge >= 0.3 is 5.97 Å². The van der Waals surface area contributed by atoms with E-state index in [-0.39, 0.29) is 17.8 Å². The van der Waals surface area contributed by atoms with Crippen LogP contribution in [0.25, 0.3) is 10.8 Å². The van der Waals surface area contributed by atoms with Crippen LogP contribution in [-0.4, -0.2) is 25.0 Å². The number of fused-ring (bicyclic) bond motifs is 4. The van der Waals surface area contributed by atoms with Gasteiger partial charge in [0.1, 0.15) is 17.2 Å². The SMILES string of the molecule is CN1c2ccccc2C(C)(C)C12C=Nc1c(ccc3ccc(OC(=O)Cc4ccsc4)cc13)O2. The number of hydrogen-bond donors (Lipinski definition) is 0. The van der Waals surface area contributed by atoms with Crippen molar-refractivity contribution in [1.82, 2.24) is 0 Å². The molecule has 3 aromatic carbocycles. The molecule has 3 heterocycles. The summed E-state index contributed by atoms with van der Waals surface area (Å²) in [4.78, 5) is 19.5. The predicted octanol–water partition coefficient (Wildman–Crippen LogP) is 6.27. The third kappa shape index (κ3) is 2.98. The van der Waals surface area contributed by atoms with Crippen LogP contribution >= 0.6 is 11.3 Å². The average Bonchev–Trinajstić information content (AvgIpc) is 3.40. The van der Waals surface area contributed by atoms with E-state index >= 15 is 0 Å². The van der Waals surface area contributed by atoms with Crippen LogP contribution < -0.4 is 14.4 Å². The van der Waals surface area contributed by atoms with Gasteiger partial charge in [-0.1, -0.05) is 30.3 Å². The summed E-state index contributed by atoms with van der Waals surface area (Å²) in [5.74, 6) is 0.931. The number of nitrogens with zero attached hydrogens (tertiary/aromatic N) is 2. The molecular formula is C28H24N2O3S. The summed E-state index contributed by atoms with van der Waals surface area (Å²) in [6.45, 7) is 4.39. The van der Waals surface area contributed by atoms with Crippen LogP contribution in [-0.2, 0) is 16.6 Å². The van der Waals surface area contributed by atoms with E-state index in [1.54, 1.807) is 11.3 Å². The van der Waals surface area contributed by atoms with Gasteiger partial charge in [-0.2, -0.15) is 11.3 Å². The normalized spacial score (nSPS) is 19.7. The molecule has 0 aliphatic carbocycles. The summed E-state index contributed by atoms with van der Waals surface area (Å²) in [5, 5.41) is 5.81. The molecule has 34 heavy (non-hydrogen) atoms. The lowest BCUT2D eigenvalue weighted by molar-refractivity contribution is -0.133. The van der Waals surface area contributed by atoms with E-state index in [4.69, 9.17) is 14.5 Å². The van der Waals surface area contributed by atoms with E-state index in [0.717, 1.165) is 27.7 Å². The zero-order valence-electron chi connectivity index (χ0n) is 19.2. The van der Waals surface area contributed by atoms with Crippen LogP contribution in [0.2, 0.25) is 0 Å². The Morgan fingerprint density at radius 3 is 2.74 bits per heavy atom. The van der Waals surface area contributed by atoms with Crippen LogP contribution in [0.5, 0.6) is 11.5 Å². The van der Waals surface area contributed by atoms with Gasteiger partial charge < -0.3 is 14.4 Å². The molecule has 1 aromatic heterocycles. The molecule has 5 nitrogen and oxygen atoms in total. The van der Waals surface area contributed by atoms with Gasteiger partial charge in [0.15, 0.2) is 0 Å². The minimum absolute atomic E-state index is 0.250. The van der Waals surface area contributed by atoms with Gasteiger partial charge in [-0.25, -0.2) is 0 Å². The number of carbonyl (C=O) groups excluding carboxylic acids is 1. The lowest BCUT2D eigenvalue weighted by Crippen LogP contribution is -2.61. The molecule has 170 valence electrons. The number of esters is 1. The monoisotopic (exact) mass is 468 g/mol. The highest BCUT2D eigenvalue weighted by atomic mass is 32.1. The van der Waals surface area contributed by atoms with E-state index in [0.29, 0.717) is 11.5 Å². The Balaban J connectivity index is 1.36. The molecule has 0 fully saturated rings. The molecule has 6 rings (SSSR count). The first-order valence-electron chi connectivity index (χ1n) is 11.3. The number of thiophene rings is 1. The molecule has 0 saturated heterocycles. The van der Waals surface area contributed by atoms with E-state index in [1.807, 2.05) is 59.4 Å². The van der Waals surface area contributed by atoms with Crippen LogP contribution in [0.15, 0.2) is 76.4 Å². The van der Waals surface area contributed by atoms with E-state index in [1.165, 1.54) is 5.56 Å². The minimum Gasteiger partial charge on any atom is -0.459 e. The van der Waals surface area contributed by atoms with Gasteiger partial charge in [0.05, 0.1) is 18.1 Å². The Bertz CT molecular complexity index is 1460. The molecular weight excluding hydrogens is 444 g/mol. The summed E-state index contributed by atoms with van der Waals surface area (Å²) >= 11 is 1.57. The number of para-hydroxylation sites is 1. The van der Waals surface area contributed by atoms with Crippen LogP contribution in [0.3, 0.4) is 0 Å². The standard InChI is InChI=1S/C28H24N2O3S/c1-27(2)22-6-4-5-7-23(22)30(3)28(27)17-29-26-21-15-20(10-8-19(21)9-11-24(26)33-28)32-25(31)14-18-12-13-34-16-18/h4-13,15-17H,14H2,1-3H3. The highest BCUT2D eigenvalue weighted by Gasteiger charge is 2.58. The van der Waals surface area contributed by atoms with Crippen LogP contribution in [0.1, 0.15) is 25.0 Å². The zero-order chi connectivity index (χ0) is 23.5. The minimum atomic E-state index is -0.734. The summed E-state index contributed by atoms with van der Waals surface area (Å²) in [5.41, 5.74) is 3.03. The van der Waals surface area contributed by atoms with Crippen molar-refractivity contribution in [3.05, 3.63) is 82.6 Å². The molecule has 2 aliphatic rings. The van der Waals surface area contributed by atoms with Crippen molar-refractivity contribution in [3.8, 4) is 11.5 Å². The Morgan fingerprint density at radius 1 is 1.12 bits per heavy atom. The van der Waals surface area contributed by atoms with Crippen molar-refractivity contribution < 1.29 is 14.3 Å². The number of rotatable bonds is 3. The molecule has 1 spiro atoms. The van der Waals surface area contributed by atoms with Gasteiger partial charge in [0.25, 0.3) is 0 Å². The summed E-state index contributed by atoms with van der Waals surface area (Å²) in [6.07, 6.45) is 2.17. The largest absolute Gasteiger partial charge is 0.459 e. The van der Waals surface area contributed by atoms with Gasteiger partial charge in [-0.3, -0.25) is 9.79 Å². The van der Waals surface area contributed by atoms with E-state index in [2.05, 4.69) is 44.0 Å². The molecule has 2 aliphatic heterocycles. The quantitative estimate of drug-likeness (QED) is 0.263. The molecule has 0 amide bonds.